The van der Waals surface area contributed by atoms with E-state index in [1.807, 2.05) is 18.2 Å². The molecule has 0 aliphatic rings. The second-order valence-corrected chi connectivity index (χ2v) is 4.41. The Labute approximate surface area is 103 Å². The van der Waals surface area contributed by atoms with Gasteiger partial charge < -0.3 is 10.1 Å². The third kappa shape index (κ3) is 2.45. The molecule has 0 amide bonds. The number of thioether (sulfide) groups is 1. The number of benzene rings is 1. The Morgan fingerprint density at radius 2 is 2.24 bits per heavy atom. The second-order valence-electron chi connectivity index (χ2n) is 3.35. The third-order valence-electron chi connectivity index (χ3n) is 2.21. The van der Waals surface area contributed by atoms with Crippen LogP contribution in [0.4, 0.5) is 5.82 Å². The molecule has 0 saturated carbocycles. The van der Waals surface area contributed by atoms with Crippen molar-refractivity contribution < 1.29 is 4.92 Å². The van der Waals surface area contributed by atoms with E-state index in [1.165, 1.54) is 17.8 Å². The Bertz CT molecular complexity index is 584. The van der Waals surface area contributed by atoms with Gasteiger partial charge >= 0.3 is 5.82 Å². The number of para-hydroxylation sites is 1. The predicted molar refractivity (Wildman–Crippen MR) is 69.3 cm³/mol. The number of fused-ring (bicyclic) bond motifs is 1. The second kappa shape index (κ2) is 4.97. The van der Waals surface area contributed by atoms with Crippen molar-refractivity contribution in [3.63, 3.8) is 0 Å². The summed E-state index contributed by atoms with van der Waals surface area (Å²) in [6.45, 7) is 3.64. The first-order chi connectivity index (χ1) is 8.22. The van der Waals surface area contributed by atoms with Gasteiger partial charge in [-0.05, 0) is 22.0 Å². The van der Waals surface area contributed by atoms with Gasteiger partial charge in [0.2, 0.25) is 0 Å². The first kappa shape index (κ1) is 11.6. The fraction of sp³-hybridized carbons (Fsp3) is 0.0833. The van der Waals surface area contributed by atoms with Crippen LogP contribution in [0.25, 0.3) is 10.9 Å². The van der Waals surface area contributed by atoms with Crippen molar-refractivity contribution >= 4 is 28.5 Å². The standard InChI is InChI=1S/C12H10N2O2S/c1-2-7-17-11-8-12(14(15)16)13-10-6-4-3-5-9(10)11/h2-6,8H,1,7H2. The topological polar surface area (TPSA) is 56.0 Å². The molecule has 0 radical (unpaired) electrons. The fourth-order valence-corrected chi connectivity index (χ4v) is 2.31. The molecule has 0 aliphatic heterocycles. The molecular weight excluding hydrogens is 236 g/mol. The summed E-state index contributed by atoms with van der Waals surface area (Å²) in [7, 11) is 0. The van der Waals surface area contributed by atoms with Crippen molar-refractivity contribution in [2.75, 3.05) is 5.75 Å². The van der Waals surface area contributed by atoms with E-state index < -0.39 is 4.92 Å². The number of nitro groups is 1. The average molecular weight is 246 g/mol. The number of pyridine rings is 1. The van der Waals surface area contributed by atoms with E-state index in [0.717, 1.165) is 10.3 Å². The van der Waals surface area contributed by atoms with Crippen molar-refractivity contribution in [1.29, 1.82) is 0 Å². The zero-order valence-electron chi connectivity index (χ0n) is 9.00. The largest absolute Gasteiger partial charge is 0.365 e. The van der Waals surface area contributed by atoms with Gasteiger partial charge in [-0.15, -0.1) is 18.3 Å². The van der Waals surface area contributed by atoms with E-state index in [2.05, 4.69) is 11.6 Å². The molecule has 0 unspecified atom stereocenters. The summed E-state index contributed by atoms with van der Waals surface area (Å²) < 4.78 is 0. The van der Waals surface area contributed by atoms with Crippen LogP contribution in [0.2, 0.25) is 0 Å². The lowest BCUT2D eigenvalue weighted by atomic mass is 10.2. The first-order valence-corrected chi connectivity index (χ1v) is 5.99. The molecule has 1 aromatic carbocycles. The van der Waals surface area contributed by atoms with Gasteiger partial charge in [-0.25, -0.2) is 0 Å². The minimum Gasteiger partial charge on any atom is -0.358 e. The third-order valence-corrected chi connectivity index (χ3v) is 3.26. The summed E-state index contributed by atoms with van der Waals surface area (Å²) >= 11 is 1.52. The lowest BCUT2D eigenvalue weighted by molar-refractivity contribution is -0.389. The number of rotatable bonds is 4. The molecule has 1 aromatic heterocycles. The van der Waals surface area contributed by atoms with Gasteiger partial charge in [0.05, 0.1) is 6.07 Å². The molecule has 5 heteroatoms. The summed E-state index contributed by atoms with van der Waals surface area (Å²) in [6.07, 6.45) is 1.77. The van der Waals surface area contributed by atoms with Crippen LogP contribution in [-0.4, -0.2) is 15.7 Å². The Kier molecular flexibility index (Phi) is 3.39. The molecule has 0 aliphatic carbocycles. The Morgan fingerprint density at radius 3 is 2.94 bits per heavy atom. The van der Waals surface area contributed by atoms with Gasteiger partial charge in [-0.1, -0.05) is 18.2 Å². The van der Waals surface area contributed by atoms with E-state index in [-0.39, 0.29) is 5.82 Å². The predicted octanol–water partition coefficient (Wildman–Crippen LogP) is 3.42. The number of hydrogen-bond donors (Lipinski definition) is 0. The highest BCUT2D eigenvalue weighted by molar-refractivity contribution is 7.99. The molecule has 0 atom stereocenters. The highest BCUT2D eigenvalue weighted by atomic mass is 32.2. The van der Waals surface area contributed by atoms with E-state index in [4.69, 9.17) is 0 Å². The fourth-order valence-electron chi connectivity index (χ4n) is 1.49. The summed E-state index contributed by atoms with van der Waals surface area (Å²) in [5.41, 5.74) is 0.647. The van der Waals surface area contributed by atoms with E-state index >= 15 is 0 Å². The van der Waals surface area contributed by atoms with Crippen LogP contribution in [0.1, 0.15) is 0 Å². The van der Waals surface area contributed by atoms with Gasteiger partial charge in [0.1, 0.15) is 0 Å². The SMILES string of the molecule is C=CCSc1cc([N+](=O)[O-])nc2ccccc12. The minimum absolute atomic E-state index is 0.115. The van der Waals surface area contributed by atoms with Crippen LogP contribution in [0.15, 0.2) is 47.9 Å². The molecule has 4 nitrogen and oxygen atoms in total. The van der Waals surface area contributed by atoms with Gasteiger partial charge in [0.25, 0.3) is 0 Å². The van der Waals surface area contributed by atoms with Crippen LogP contribution in [0, 0.1) is 10.1 Å². The summed E-state index contributed by atoms with van der Waals surface area (Å²) in [6, 6.07) is 8.92. The zero-order valence-corrected chi connectivity index (χ0v) is 9.81. The van der Waals surface area contributed by atoms with Crippen LogP contribution < -0.4 is 0 Å². The maximum absolute atomic E-state index is 10.8. The molecule has 0 saturated heterocycles. The highest BCUT2D eigenvalue weighted by Gasteiger charge is 2.14. The molecule has 0 fully saturated rings. The molecule has 86 valence electrons. The molecular formula is C12H10N2O2S. The quantitative estimate of drug-likeness (QED) is 0.359. The first-order valence-electron chi connectivity index (χ1n) is 5.00. The van der Waals surface area contributed by atoms with Crippen molar-refractivity contribution in [3.8, 4) is 0 Å². The van der Waals surface area contributed by atoms with Gasteiger partial charge in [-0.2, -0.15) is 0 Å². The highest BCUT2D eigenvalue weighted by Crippen LogP contribution is 2.30. The molecule has 0 N–H and O–H groups in total. The van der Waals surface area contributed by atoms with Crippen molar-refractivity contribution in [3.05, 3.63) is 53.1 Å². The summed E-state index contributed by atoms with van der Waals surface area (Å²) in [4.78, 5) is 15.2. The Balaban J connectivity index is 2.60. The molecule has 2 rings (SSSR count). The van der Waals surface area contributed by atoms with Gasteiger partial charge in [0.15, 0.2) is 5.52 Å². The lowest BCUT2D eigenvalue weighted by Gasteiger charge is -2.02. The number of nitrogens with zero attached hydrogens (tertiary/aromatic N) is 2. The van der Waals surface area contributed by atoms with Crippen LogP contribution in [0.5, 0.6) is 0 Å². The van der Waals surface area contributed by atoms with E-state index in [9.17, 15) is 10.1 Å². The molecule has 0 spiro atoms. The van der Waals surface area contributed by atoms with E-state index in [1.54, 1.807) is 12.1 Å². The summed E-state index contributed by atoms with van der Waals surface area (Å²) in [5, 5.41) is 11.7. The maximum Gasteiger partial charge on any atom is 0.365 e. The van der Waals surface area contributed by atoms with Crippen LogP contribution >= 0.6 is 11.8 Å². The van der Waals surface area contributed by atoms with Gasteiger partial charge in [0, 0.05) is 16.0 Å². The average Bonchev–Trinajstić information content (AvgIpc) is 2.35. The normalized spacial score (nSPS) is 10.4. The molecule has 1 heterocycles. The minimum atomic E-state index is -0.468. The summed E-state index contributed by atoms with van der Waals surface area (Å²) in [5.74, 6) is 0.598. The lowest BCUT2D eigenvalue weighted by Crippen LogP contribution is -1.93. The van der Waals surface area contributed by atoms with Crippen LogP contribution in [0.3, 0.4) is 0 Å². The maximum atomic E-state index is 10.8. The van der Waals surface area contributed by atoms with Crippen molar-refractivity contribution in [1.82, 2.24) is 4.98 Å². The monoisotopic (exact) mass is 246 g/mol. The smallest absolute Gasteiger partial charge is 0.358 e. The number of aromatic nitrogens is 1. The molecule has 0 bridgehead atoms. The molecule has 17 heavy (non-hydrogen) atoms. The molecule has 2 aromatic rings. The zero-order chi connectivity index (χ0) is 12.3. The Hall–Kier alpha value is -1.88. The van der Waals surface area contributed by atoms with Crippen molar-refractivity contribution in [2.45, 2.75) is 4.90 Å². The van der Waals surface area contributed by atoms with Crippen LogP contribution in [-0.2, 0) is 0 Å². The van der Waals surface area contributed by atoms with E-state index in [0.29, 0.717) is 11.3 Å². The Morgan fingerprint density at radius 1 is 1.47 bits per heavy atom. The number of hydrogen-bond acceptors (Lipinski definition) is 4. The van der Waals surface area contributed by atoms with Crippen molar-refractivity contribution in [2.24, 2.45) is 0 Å². The van der Waals surface area contributed by atoms with Gasteiger partial charge in [-0.3, -0.25) is 0 Å².